The topological polar surface area (TPSA) is 375 Å². The minimum absolute atomic E-state index is 0.0271. The standard InChI is InChI=1S/C56H66N14O8S2/c1-32(2)48-56(78)69-47(54(76)65-43(49(61)71)23-34-14-18-36(27-59)19-15-34)31-80-79-30-46(68-50(72)40(60)22-33-12-16-35(26-58)17-13-33)55(77)66-44(24-37-8-7-21-62-28-37)52(74)67-45(25-38-29-63-41-10-4-3-9-39(38)41)53(75)64-42(51(73)70-48)11-5-6-20-57/h3-4,7-10,12-19,21,28-29,32,40,42-48,63H,5-6,11,20,22-25,30-31,57,60H2,1-2H3,(H2,61,71)(H,64,75)(H,65,76)(H,66,77)(H,67,74)(H,68,72)(H,69,78)(H,70,73)/t40-,42-,43-,44-,45+,46+,47-,48-/m0/s1. The first kappa shape index (κ1) is 60.9. The molecule has 0 unspecified atom stereocenters. The molecule has 80 heavy (non-hydrogen) atoms. The smallest absolute Gasteiger partial charge is 0.244 e. The summed E-state index contributed by atoms with van der Waals surface area (Å²) in [6.45, 7) is 3.63. The number of nitrogens with zero attached hydrogens (tertiary/aromatic N) is 3. The Kier molecular flexibility index (Phi) is 23.0. The highest BCUT2D eigenvalue weighted by Gasteiger charge is 2.36. The number of nitrogens with two attached hydrogens (primary N) is 3. The van der Waals surface area contributed by atoms with Gasteiger partial charge in [0.1, 0.15) is 42.3 Å². The van der Waals surface area contributed by atoms with Gasteiger partial charge in [0.05, 0.1) is 29.3 Å². The fourth-order valence-corrected chi connectivity index (χ4v) is 11.0. The fraction of sp³-hybridized carbons (Fsp3) is 0.375. The van der Waals surface area contributed by atoms with Crippen molar-refractivity contribution < 1.29 is 38.4 Å². The number of fused-ring (bicyclic) bond motifs is 1. The number of benzene rings is 3. The number of H-pyrrole nitrogens is 1. The number of carbonyl (C=O) groups excluding carboxylic acids is 8. The lowest BCUT2D eigenvalue weighted by Crippen LogP contribution is -2.61. The van der Waals surface area contributed by atoms with Crippen molar-refractivity contribution in [2.75, 3.05) is 18.1 Å². The van der Waals surface area contributed by atoms with E-state index >= 15 is 0 Å². The molecule has 3 heterocycles. The third-order valence-electron chi connectivity index (χ3n) is 13.2. The van der Waals surface area contributed by atoms with Crippen LogP contribution in [-0.4, -0.2) is 124 Å². The highest BCUT2D eigenvalue weighted by molar-refractivity contribution is 8.76. The van der Waals surface area contributed by atoms with Crippen LogP contribution in [-0.2, 0) is 64.0 Å². The number of carbonyl (C=O) groups is 8. The second-order valence-corrected chi connectivity index (χ2v) is 22.2. The first-order valence-corrected chi connectivity index (χ1v) is 28.5. The number of hydrogen-bond acceptors (Lipinski definition) is 15. The summed E-state index contributed by atoms with van der Waals surface area (Å²) in [6.07, 6.45) is 5.45. The van der Waals surface area contributed by atoms with Gasteiger partial charge < -0.3 is 59.4 Å². The number of aromatic amines is 1. The van der Waals surface area contributed by atoms with Crippen molar-refractivity contribution in [3.63, 3.8) is 0 Å². The van der Waals surface area contributed by atoms with E-state index in [1.54, 1.807) is 80.7 Å². The minimum atomic E-state index is -1.41. The van der Waals surface area contributed by atoms with E-state index < -0.39 is 102 Å². The molecule has 14 N–H and O–H groups in total. The lowest BCUT2D eigenvalue weighted by Gasteiger charge is -2.29. The van der Waals surface area contributed by atoms with Crippen molar-refractivity contribution in [2.45, 2.75) is 107 Å². The molecule has 1 saturated heterocycles. The number of nitriles is 2. The van der Waals surface area contributed by atoms with Crippen molar-refractivity contribution in [3.05, 3.63) is 137 Å². The molecule has 1 aliphatic heterocycles. The summed E-state index contributed by atoms with van der Waals surface area (Å²) >= 11 is 0. The van der Waals surface area contributed by atoms with E-state index in [-0.39, 0.29) is 50.2 Å². The van der Waals surface area contributed by atoms with Crippen molar-refractivity contribution in [2.24, 2.45) is 23.1 Å². The Labute approximate surface area is 471 Å². The summed E-state index contributed by atoms with van der Waals surface area (Å²) in [5, 5.41) is 38.7. The molecule has 22 nitrogen and oxygen atoms in total. The maximum absolute atomic E-state index is 14.8. The zero-order valence-corrected chi connectivity index (χ0v) is 45.9. The molecule has 0 bridgehead atoms. The van der Waals surface area contributed by atoms with Crippen LogP contribution in [0.3, 0.4) is 0 Å². The molecule has 0 spiro atoms. The van der Waals surface area contributed by atoms with Gasteiger partial charge >= 0.3 is 0 Å². The van der Waals surface area contributed by atoms with Crippen molar-refractivity contribution in [1.82, 2.24) is 47.2 Å². The van der Waals surface area contributed by atoms with Crippen LogP contribution in [0.1, 0.15) is 66.5 Å². The Morgan fingerprint density at radius 3 is 1.95 bits per heavy atom. The van der Waals surface area contributed by atoms with E-state index in [0.29, 0.717) is 46.2 Å². The summed E-state index contributed by atoms with van der Waals surface area (Å²) in [5.74, 6) is -7.32. The number of hydrogen-bond donors (Lipinski definition) is 11. The number of aromatic nitrogens is 2. The Bertz CT molecular complexity index is 3060. The van der Waals surface area contributed by atoms with Gasteiger partial charge in [-0.15, -0.1) is 0 Å². The number of nitrogens with one attached hydrogen (secondary N) is 8. The second-order valence-electron chi connectivity index (χ2n) is 19.6. The van der Waals surface area contributed by atoms with Gasteiger partial charge in [-0.3, -0.25) is 43.3 Å². The van der Waals surface area contributed by atoms with E-state index in [9.17, 15) is 48.9 Å². The SMILES string of the molecule is CC(C)[C@@H]1NC(=O)[C@H](CCCCN)NC(=O)[C@@H](Cc2c[nH]c3ccccc23)NC(=O)[C@H](Cc2cccnc2)NC(=O)[C@H](NC(=O)[C@@H](N)Cc2ccc(C#N)cc2)CSSC[C@@H](C(=O)N[C@@H](Cc2ccc(C#N)cc2)C(N)=O)NC1=O. The van der Waals surface area contributed by atoms with Crippen molar-refractivity contribution >= 4 is 79.7 Å². The summed E-state index contributed by atoms with van der Waals surface area (Å²) in [7, 11) is 2.06. The highest BCUT2D eigenvalue weighted by atomic mass is 33.1. The van der Waals surface area contributed by atoms with Gasteiger partial charge in [0.25, 0.3) is 0 Å². The van der Waals surface area contributed by atoms with Crippen LogP contribution in [0.2, 0.25) is 0 Å². The Morgan fingerprint density at radius 2 is 1.32 bits per heavy atom. The molecule has 3 aromatic carbocycles. The molecular formula is C56H66N14O8S2. The second kappa shape index (κ2) is 30.2. The summed E-state index contributed by atoms with van der Waals surface area (Å²) in [5.41, 5.74) is 22.0. The summed E-state index contributed by atoms with van der Waals surface area (Å²) in [4.78, 5) is 122. The van der Waals surface area contributed by atoms with Gasteiger partial charge in [-0.05, 0) is 96.8 Å². The third-order valence-corrected chi connectivity index (χ3v) is 15.7. The molecule has 420 valence electrons. The van der Waals surface area contributed by atoms with Crippen molar-refractivity contribution in [3.8, 4) is 12.1 Å². The number of rotatable bonds is 18. The molecule has 1 fully saturated rings. The maximum Gasteiger partial charge on any atom is 0.244 e. The molecule has 6 rings (SSSR count). The van der Waals surface area contributed by atoms with Gasteiger partial charge in [-0.25, -0.2) is 0 Å². The van der Waals surface area contributed by atoms with Gasteiger partial charge in [0.2, 0.25) is 47.3 Å². The molecule has 0 saturated carbocycles. The predicted octanol–water partition coefficient (Wildman–Crippen LogP) is 0.963. The minimum Gasteiger partial charge on any atom is -0.368 e. The molecule has 1 aliphatic rings. The zero-order valence-electron chi connectivity index (χ0n) is 44.2. The average molecular weight is 1130 g/mol. The van der Waals surface area contributed by atoms with E-state index in [2.05, 4.69) is 47.2 Å². The largest absolute Gasteiger partial charge is 0.368 e. The molecule has 8 amide bonds. The number of pyridine rings is 1. The monoisotopic (exact) mass is 1130 g/mol. The molecule has 5 aromatic rings. The highest BCUT2D eigenvalue weighted by Crippen LogP contribution is 2.25. The normalized spacial score (nSPS) is 20.5. The van der Waals surface area contributed by atoms with Crippen LogP contribution in [0.15, 0.2) is 104 Å². The van der Waals surface area contributed by atoms with E-state index in [4.69, 9.17) is 17.2 Å². The Morgan fingerprint density at radius 1 is 0.713 bits per heavy atom. The van der Waals surface area contributed by atoms with E-state index in [1.165, 1.54) is 12.4 Å². The van der Waals surface area contributed by atoms with Gasteiger partial charge in [-0.2, -0.15) is 10.5 Å². The zero-order chi connectivity index (χ0) is 57.7. The van der Waals surface area contributed by atoms with Crippen LogP contribution < -0.4 is 54.4 Å². The third kappa shape index (κ3) is 17.9. The van der Waals surface area contributed by atoms with E-state index in [0.717, 1.165) is 32.5 Å². The first-order chi connectivity index (χ1) is 38.5. The molecule has 2 aromatic heterocycles. The number of primary amides is 1. The molecule has 0 radical (unpaired) electrons. The van der Waals surface area contributed by atoms with Gasteiger partial charge in [0, 0.05) is 60.3 Å². The van der Waals surface area contributed by atoms with Gasteiger partial charge in [0.15, 0.2) is 0 Å². The number of amides is 8. The van der Waals surface area contributed by atoms with Crippen LogP contribution in [0.25, 0.3) is 10.9 Å². The summed E-state index contributed by atoms with van der Waals surface area (Å²) in [6, 6.07) is 17.0. The summed E-state index contributed by atoms with van der Waals surface area (Å²) < 4.78 is 0. The lowest BCUT2D eigenvalue weighted by atomic mass is 10.00. The maximum atomic E-state index is 14.8. The average Bonchev–Trinajstić information content (AvgIpc) is 3.86. The van der Waals surface area contributed by atoms with Crippen LogP contribution in [0.5, 0.6) is 0 Å². The lowest BCUT2D eigenvalue weighted by molar-refractivity contribution is -0.136. The van der Waals surface area contributed by atoms with E-state index in [1.807, 2.05) is 36.4 Å². The number of unbranched alkanes of at least 4 members (excludes halogenated alkanes) is 1. The molecule has 24 heteroatoms. The van der Waals surface area contributed by atoms with Crippen LogP contribution >= 0.6 is 21.6 Å². The van der Waals surface area contributed by atoms with Crippen molar-refractivity contribution in [1.29, 1.82) is 10.5 Å². The Hall–Kier alpha value is -8.29. The predicted molar refractivity (Wildman–Crippen MR) is 303 cm³/mol. The Balaban J connectivity index is 1.39. The molecule has 0 aliphatic carbocycles. The molecular weight excluding hydrogens is 1060 g/mol. The first-order valence-electron chi connectivity index (χ1n) is 26.0. The van der Waals surface area contributed by atoms with Crippen LogP contribution in [0.4, 0.5) is 0 Å². The molecule has 8 atom stereocenters. The van der Waals surface area contributed by atoms with Crippen LogP contribution in [0, 0.1) is 28.6 Å². The fourth-order valence-electron chi connectivity index (χ4n) is 8.71. The van der Waals surface area contributed by atoms with Gasteiger partial charge in [-0.1, -0.05) is 84.0 Å². The quantitative estimate of drug-likeness (QED) is 0.0430. The number of para-hydroxylation sites is 1.